The summed E-state index contributed by atoms with van der Waals surface area (Å²) in [5.74, 6) is 0.0361. The van der Waals surface area contributed by atoms with Gasteiger partial charge < -0.3 is 5.11 Å². The number of aromatic carboxylic acids is 1. The normalized spacial score (nSPS) is 21.3. The number of rotatable bonds is 1. The summed E-state index contributed by atoms with van der Waals surface area (Å²) in [7, 11) is 0. The van der Waals surface area contributed by atoms with Crippen LogP contribution in [0, 0.1) is 19.8 Å². The Balaban J connectivity index is 2.44. The van der Waals surface area contributed by atoms with E-state index in [2.05, 4.69) is 13.8 Å². The van der Waals surface area contributed by atoms with Crippen LogP contribution in [0.4, 0.5) is 0 Å². The molecule has 0 radical (unpaired) electrons. The van der Waals surface area contributed by atoms with Gasteiger partial charge in [0.05, 0.1) is 11.1 Å². The molecule has 3 rings (SSSR count). The Morgan fingerprint density at radius 2 is 2.00 bits per heavy atom. The fraction of sp³-hybridized carbons (Fsp3) is 0.444. The number of hydrogen-bond acceptors (Lipinski definition) is 2. The van der Waals surface area contributed by atoms with Gasteiger partial charge in [-0.25, -0.2) is 4.79 Å². The highest BCUT2D eigenvalue weighted by molar-refractivity contribution is 6.05. The number of carbonyl (C=O) groups is 1. The molecule has 2 unspecified atom stereocenters. The van der Waals surface area contributed by atoms with Gasteiger partial charge in [0.2, 0.25) is 0 Å². The van der Waals surface area contributed by atoms with Crippen molar-refractivity contribution in [2.75, 3.05) is 0 Å². The van der Waals surface area contributed by atoms with E-state index < -0.39 is 5.97 Å². The van der Waals surface area contributed by atoms with Gasteiger partial charge in [-0.3, -0.25) is 4.98 Å². The monoisotopic (exact) mass is 283 g/mol. The Bertz CT molecular complexity index is 749. The Morgan fingerprint density at radius 3 is 2.67 bits per heavy atom. The molecule has 21 heavy (non-hydrogen) atoms. The van der Waals surface area contributed by atoms with Crippen molar-refractivity contribution in [3.05, 3.63) is 40.1 Å². The lowest BCUT2D eigenvalue weighted by atomic mass is 9.77. The molecule has 2 aromatic rings. The van der Waals surface area contributed by atoms with Crippen molar-refractivity contribution in [1.29, 1.82) is 0 Å². The Hall–Kier alpha value is -1.90. The van der Waals surface area contributed by atoms with Gasteiger partial charge in [-0.1, -0.05) is 26.0 Å². The summed E-state index contributed by atoms with van der Waals surface area (Å²) in [6.07, 6.45) is 1.85. The van der Waals surface area contributed by atoms with Crippen molar-refractivity contribution in [2.24, 2.45) is 5.92 Å². The lowest BCUT2D eigenvalue weighted by Gasteiger charge is -2.29. The van der Waals surface area contributed by atoms with Crippen molar-refractivity contribution < 1.29 is 9.90 Å². The minimum atomic E-state index is -0.830. The molecule has 2 atom stereocenters. The quantitative estimate of drug-likeness (QED) is 0.851. The molecule has 110 valence electrons. The SMILES string of the molecule is Cc1ccc2c(C(=O)O)c3c(nc2c1C)C(C)C(C)CC3. The van der Waals surface area contributed by atoms with Gasteiger partial charge in [0, 0.05) is 17.0 Å². The van der Waals surface area contributed by atoms with Gasteiger partial charge in [0.25, 0.3) is 0 Å². The van der Waals surface area contributed by atoms with E-state index in [1.165, 1.54) is 0 Å². The molecule has 1 aromatic heterocycles. The summed E-state index contributed by atoms with van der Waals surface area (Å²) in [6, 6.07) is 3.91. The second-order valence-electron chi connectivity index (χ2n) is 6.36. The van der Waals surface area contributed by atoms with Crippen LogP contribution in [0.1, 0.15) is 58.9 Å². The van der Waals surface area contributed by atoms with Gasteiger partial charge in [0.15, 0.2) is 0 Å². The first-order chi connectivity index (χ1) is 9.91. The van der Waals surface area contributed by atoms with E-state index >= 15 is 0 Å². The molecule has 0 aliphatic heterocycles. The predicted molar refractivity (Wildman–Crippen MR) is 84.1 cm³/mol. The van der Waals surface area contributed by atoms with Crippen LogP contribution in [0.25, 0.3) is 10.9 Å². The molecule has 0 spiro atoms. The van der Waals surface area contributed by atoms with Crippen LogP contribution in [0.5, 0.6) is 0 Å². The number of benzene rings is 1. The molecular weight excluding hydrogens is 262 g/mol. The minimum absolute atomic E-state index is 0.316. The van der Waals surface area contributed by atoms with Gasteiger partial charge in [0.1, 0.15) is 0 Å². The van der Waals surface area contributed by atoms with Crippen LogP contribution in [0.2, 0.25) is 0 Å². The fourth-order valence-corrected chi connectivity index (χ4v) is 3.39. The zero-order valence-corrected chi connectivity index (χ0v) is 13.0. The van der Waals surface area contributed by atoms with Gasteiger partial charge in [-0.05, 0) is 49.3 Å². The molecule has 3 nitrogen and oxygen atoms in total. The largest absolute Gasteiger partial charge is 0.478 e. The molecule has 1 heterocycles. The van der Waals surface area contributed by atoms with E-state index in [4.69, 9.17) is 4.98 Å². The van der Waals surface area contributed by atoms with E-state index in [0.29, 0.717) is 17.4 Å². The molecule has 3 heteroatoms. The molecule has 0 saturated carbocycles. The molecule has 1 aliphatic carbocycles. The van der Waals surface area contributed by atoms with Crippen LogP contribution in [0.15, 0.2) is 12.1 Å². The second kappa shape index (κ2) is 4.83. The number of aryl methyl sites for hydroxylation is 2. The highest BCUT2D eigenvalue weighted by atomic mass is 16.4. The molecular formula is C18H21NO2. The number of fused-ring (bicyclic) bond motifs is 2. The van der Waals surface area contributed by atoms with Crippen LogP contribution >= 0.6 is 0 Å². The number of hydrogen-bond donors (Lipinski definition) is 1. The lowest BCUT2D eigenvalue weighted by Crippen LogP contribution is -2.21. The van der Waals surface area contributed by atoms with Gasteiger partial charge in [-0.15, -0.1) is 0 Å². The predicted octanol–water partition coefficient (Wildman–Crippen LogP) is 4.24. The summed E-state index contributed by atoms with van der Waals surface area (Å²) in [6.45, 7) is 8.46. The number of carboxylic acid groups (broad SMARTS) is 1. The standard InChI is InChI=1S/C18H21NO2/c1-9-5-7-13-15(18(20)21)14-8-6-10(2)12(4)17(14)19-16(13)11(9)3/h5,7,10,12H,6,8H2,1-4H3,(H,20,21). The van der Waals surface area contributed by atoms with E-state index in [9.17, 15) is 9.90 Å². The van der Waals surface area contributed by atoms with Crippen LogP contribution in [-0.4, -0.2) is 16.1 Å². The van der Waals surface area contributed by atoms with E-state index in [1.54, 1.807) is 0 Å². The number of pyridine rings is 1. The van der Waals surface area contributed by atoms with Gasteiger partial charge in [-0.2, -0.15) is 0 Å². The third-order valence-corrected chi connectivity index (χ3v) is 5.16. The Morgan fingerprint density at radius 1 is 1.29 bits per heavy atom. The van der Waals surface area contributed by atoms with Crippen LogP contribution in [0.3, 0.4) is 0 Å². The first kappa shape index (κ1) is 14.1. The van der Waals surface area contributed by atoms with Crippen molar-refractivity contribution >= 4 is 16.9 Å². The second-order valence-corrected chi connectivity index (χ2v) is 6.36. The maximum absolute atomic E-state index is 11.8. The maximum atomic E-state index is 11.8. The topological polar surface area (TPSA) is 50.2 Å². The lowest BCUT2D eigenvalue weighted by molar-refractivity contribution is 0.0697. The number of nitrogens with zero attached hydrogens (tertiary/aromatic N) is 1. The summed E-state index contributed by atoms with van der Waals surface area (Å²) in [5.41, 5.74) is 5.51. The zero-order valence-electron chi connectivity index (χ0n) is 13.0. The highest BCUT2D eigenvalue weighted by Gasteiger charge is 2.30. The molecule has 1 N–H and O–H groups in total. The smallest absolute Gasteiger partial charge is 0.336 e. The van der Waals surface area contributed by atoms with Crippen molar-refractivity contribution in [1.82, 2.24) is 4.98 Å². The minimum Gasteiger partial charge on any atom is -0.478 e. The van der Waals surface area contributed by atoms with E-state index in [0.717, 1.165) is 46.1 Å². The van der Waals surface area contributed by atoms with Crippen LogP contribution < -0.4 is 0 Å². The first-order valence-electron chi connectivity index (χ1n) is 7.57. The Labute approximate surface area is 125 Å². The van der Waals surface area contributed by atoms with Gasteiger partial charge >= 0.3 is 5.97 Å². The zero-order chi connectivity index (χ0) is 15.3. The van der Waals surface area contributed by atoms with Crippen molar-refractivity contribution in [3.63, 3.8) is 0 Å². The van der Waals surface area contributed by atoms with E-state index in [1.807, 2.05) is 26.0 Å². The first-order valence-corrected chi connectivity index (χ1v) is 7.57. The molecule has 1 aliphatic rings. The van der Waals surface area contributed by atoms with Crippen molar-refractivity contribution in [2.45, 2.75) is 46.5 Å². The fourth-order valence-electron chi connectivity index (χ4n) is 3.39. The molecule has 1 aromatic carbocycles. The average molecular weight is 283 g/mol. The van der Waals surface area contributed by atoms with Crippen LogP contribution in [-0.2, 0) is 6.42 Å². The number of aromatic nitrogens is 1. The summed E-state index contributed by atoms with van der Waals surface area (Å²) in [4.78, 5) is 16.7. The highest BCUT2D eigenvalue weighted by Crippen LogP contribution is 2.39. The van der Waals surface area contributed by atoms with Crippen molar-refractivity contribution in [3.8, 4) is 0 Å². The summed E-state index contributed by atoms with van der Waals surface area (Å²) >= 11 is 0. The molecule has 0 saturated heterocycles. The van der Waals surface area contributed by atoms with E-state index in [-0.39, 0.29) is 0 Å². The summed E-state index contributed by atoms with van der Waals surface area (Å²) in [5, 5.41) is 10.5. The third kappa shape index (κ3) is 2.03. The Kier molecular flexibility index (Phi) is 3.23. The number of carboxylic acids is 1. The summed E-state index contributed by atoms with van der Waals surface area (Å²) < 4.78 is 0. The molecule has 0 bridgehead atoms. The molecule has 0 fully saturated rings. The maximum Gasteiger partial charge on any atom is 0.336 e. The third-order valence-electron chi connectivity index (χ3n) is 5.16. The average Bonchev–Trinajstić information content (AvgIpc) is 2.45. The molecule has 0 amide bonds.